The van der Waals surface area contributed by atoms with Gasteiger partial charge in [0, 0.05) is 12.1 Å². The third-order valence-corrected chi connectivity index (χ3v) is 2.10. The largest absolute Gasteiger partial charge is 0.292 e. The average Bonchev–Trinajstić information content (AvgIpc) is 2.88. The van der Waals surface area contributed by atoms with E-state index in [4.69, 9.17) is 5.84 Å². The van der Waals surface area contributed by atoms with Crippen molar-refractivity contribution in [2.45, 2.75) is 25.7 Å². The lowest BCUT2D eigenvalue weighted by Crippen LogP contribution is -2.11. The summed E-state index contributed by atoms with van der Waals surface area (Å²) in [6.45, 7) is 2.04. The van der Waals surface area contributed by atoms with Crippen LogP contribution in [0.15, 0.2) is 6.20 Å². The second-order valence-corrected chi connectivity index (χ2v) is 3.18. The van der Waals surface area contributed by atoms with Crippen LogP contribution in [0.3, 0.4) is 0 Å². The minimum absolute atomic E-state index is 0.516. The molecule has 1 aromatic rings. The third kappa shape index (κ3) is 1.25. The predicted octanol–water partition coefficient (Wildman–Crippen LogP) is 0.948. The fourth-order valence-electron chi connectivity index (χ4n) is 1.29. The molecule has 0 atom stereocenters. The molecule has 1 aliphatic carbocycles. The number of anilines is 1. The van der Waals surface area contributed by atoms with Gasteiger partial charge in [0.2, 0.25) is 5.95 Å². The fraction of sp³-hybridized carbons (Fsp3) is 0.500. The van der Waals surface area contributed by atoms with Crippen LogP contribution in [0.1, 0.15) is 30.0 Å². The molecule has 4 heteroatoms. The number of aryl methyl sites for hydroxylation is 1. The summed E-state index contributed by atoms with van der Waals surface area (Å²) in [5.41, 5.74) is 4.77. The lowest BCUT2D eigenvalue weighted by atomic mass is 10.2. The van der Waals surface area contributed by atoms with E-state index in [0.29, 0.717) is 11.9 Å². The van der Waals surface area contributed by atoms with Crippen LogP contribution in [0, 0.1) is 6.92 Å². The van der Waals surface area contributed by atoms with E-state index in [-0.39, 0.29) is 0 Å². The van der Waals surface area contributed by atoms with Crippen molar-refractivity contribution >= 4 is 5.95 Å². The zero-order valence-corrected chi connectivity index (χ0v) is 7.04. The van der Waals surface area contributed by atoms with Crippen molar-refractivity contribution in [2.75, 3.05) is 5.43 Å². The molecule has 1 aliphatic rings. The Morgan fingerprint density at radius 2 is 2.33 bits per heavy atom. The van der Waals surface area contributed by atoms with Gasteiger partial charge in [0.15, 0.2) is 0 Å². The van der Waals surface area contributed by atoms with Gasteiger partial charge in [-0.3, -0.25) is 5.43 Å². The number of nitrogens with zero attached hydrogens (tertiary/aromatic N) is 2. The summed E-state index contributed by atoms with van der Waals surface area (Å²) in [5.74, 6) is 6.38. The summed E-state index contributed by atoms with van der Waals surface area (Å²) in [5, 5.41) is 0. The summed E-state index contributed by atoms with van der Waals surface area (Å²) >= 11 is 0. The molecule has 2 rings (SSSR count). The first-order valence-electron chi connectivity index (χ1n) is 4.11. The number of aromatic nitrogens is 2. The van der Waals surface area contributed by atoms with Crippen LogP contribution in [-0.2, 0) is 0 Å². The molecule has 1 aromatic heterocycles. The van der Waals surface area contributed by atoms with E-state index >= 15 is 0 Å². The highest BCUT2D eigenvalue weighted by molar-refractivity contribution is 5.31. The molecule has 1 heterocycles. The first-order chi connectivity index (χ1) is 5.81. The Kier molecular flexibility index (Phi) is 1.69. The zero-order valence-electron chi connectivity index (χ0n) is 7.04. The van der Waals surface area contributed by atoms with Crippen molar-refractivity contribution in [3.63, 3.8) is 0 Å². The second kappa shape index (κ2) is 2.71. The molecule has 12 heavy (non-hydrogen) atoms. The Morgan fingerprint density at radius 3 is 2.92 bits per heavy atom. The van der Waals surface area contributed by atoms with Crippen LogP contribution >= 0.6 is 0 Å². The van der Waals surface area contributed by atoms with Crippen molar-refractivity contribution in [1.82, 2.24) is 9.97 Å². The molecule has 64 valence electrons. The second-order valence-electron chi connectivity index (χ2n) is 3.18. The van der Waals surface area contributed by atoms with Crippen LogP contribution in [0.2, 0.25) is 0 Å². The molecule has 0 spiro atoms. The van der Waals surface area contributed by atoms with E-state index in [1.54, 1.807) is 0 Å². The maximum Gasteiger partial charge on any atom is 0.237 e. The number of hydrogen-bond donors (Lipinski definition) is 2. The normalized spacial score (nSPS) is 16.2. The van der Waals surface area contributed by atoms with Gasteiger partial charge in [0.25, 0.3) is 0 Å². The number of hydrogen-bond acceptors (Lipinski definition) is 4. The SMILES string of the molecule is Cc1cnc(NN)nc1C1CC1. The van der Waals surface area contributed by atoms with Crippen molar-refractivity contribution in [1.29, 1.82) is 0 Å². The van der Waals surface area contributed by atoms with Crippen molar-refractivity contribution in [3.8, 4) is 0 Å². The van der Waals surface area contributed by atoms with E-state index in [9.17, 15) is 0 Å². The summed E-state index contributed by atoms with van der Waals surface area (Å²) < 4.78 is 0. The molecule has 0 bridgehead atoms. The van der Waals surface area contributed by atoms with E-state index < -0.39 is 0 Å². The van der Waals surface area contributed by atoms with E-state index in [1.807, 2.05) is 13.1 Å². The molecular formula is C8H12N4. The number of rotatable bonds is 2. The minimum atomic E-state index is 0.516. The molecule has 1 fully saturated rings. The maximum atomic E-state index is 5.21. The van der Waals surface area contributed by atoms with Crippen LogP contribution in [0.4, 0.5) is 5.95 Å². The lowest BCUT2D eigenvalue weighted by Gasteiger charge is -2.04. The van der Waals surface area contributed by atoms with E-state index in [0.717, 1.165) is 11.3 Å². The first kappa shape index (κ1) is 7.49. The van der Waals surface area contributed by atoms with Crippen molar-refractivity contribution in [2.24, 2.45) is 5.84 Å². The molecule has 3 N–H and O–H groups in total. The highest BCUT2D eigenvalue weighted by Crippen LogP contribution is 2.40. The summed E-state index contributed by atoms with van der Waals surface area (Å²) in [6, 6.07) is 0. The standard InChI is InChI=1S/C8H12N4/c1-5-4-10-8(12-9)11-7(5)6-2-3-6/h4,6H,2-3,9H2,1H3,(H,10,11,12). The molecule has 0 aromatic carbocycles. The molecule has 0 unspecified atom stereocenters. The minimum Gasteiger partial charge on any atom is -0.292 e. The van der Waals surface area contributed by atoms with E-state index in [2.05, 4.69) is 15.4 Å². The third-order valence-electron chi connectivity index (χ3n) is 2.10. The van der Waals surface area contributed by atoms with Crippen LogP contribution in [0.25, 0.3) is 0 Å². The lowest BCUT2D eigenvalue weighted by molar-refractivity contribution is 0.955. The Balaban J connectivity index is 2.36. The molecule has 4 nitrogen and oxygen atoms in total. The van der Waals surface area contributed by atoms with Gasteiger partial charge in [-0.15, -0.1) is 0 Å². The van der Waals surface area contributed by atoms with Crippen LogP contribution in [0.5, 0.6) is 0 Å². The molecule has 0 radical (unpaired) electrons. The molecule has 0 aliphatic heterocycles. The highest BCUT2D eigenvalue weighted by Gasteiger charge is 2.26. The van der Waals surface area contributed by atoms with Crippen LogP contribution < -0.4 is 11.3 Å². The van der Waals surface area contributed by atoms with Crippen molar-refractivity contribution in [3.05, 3.63) is 17.5 Å². The Morgan fingerprint density at radius 1 is 1.58 bits per heavy atom. The average molecular weight is 164 g/mol. The quantitative estimate of drug-likeness (QED) is 0.504. The molecule has 0 saturated heterocycles. The Bertz CT molecular complexity index is 293. The van der Waals surface area contributed by atoms with Crippen molar-refractivity contribution < 1.29 is 0 Å². The molecular weight excluding hydrogens is 152 g/mol. The van der Waals surface area contributed by atoms with Gasteiger partial charge < -0.3 is 0 Å². The highest BCUT2D eigenvalue weighted by atomic mass is 15.3. The monoisotopic (exact) mass is 164 g/mol. The fourth-order valence-corrected chi connectivity index (χ4v) is 1.29. The van der Waals surface area contributed by atoms with Gasteiger partial charge in [-0.1, -0.05) is 0 Å². The number of nitrogens with two attached hydrogens (primary N) is 1. The molecule has 1 saturated carbocycles. The predicted molar refractivity (Wildman–Crippen MR) is 46.6 cm³/mol. The Hall–Kier alpha value is -1.16. The first-order valence-corrected chi connectivity index (χ1v) is 4.11. The zero-order chi connectivity index (χ0) is 8.55. The summed E-state index contributed by atoms with van der Waals surface area (Å²) in [6.07, 6.45) is 4.32. The van der Waals surface area contributed by atoms with Gasteiger partial charge in [0.05, 0.1) is 5.69 Å². The topological polar surface area (TPSA) is 63.8 Å². The van der Waals surface area contributed by atoms with Gasteiger partial charge in [-0.2, -0.15) is 0 Å². The summed E-state index contributed by atoms with van der Waals surface area (Å²) in [7, 11) is 0. The van der Waals surface area contributed by atoms with Gasteiger partial charge in [0.1, 0.15) is 0 Å². The number of nitrogens with one attached hydrogen (secondary N) is 1. The van der Waals surface area contributed by atoms with Gasteiger partial charge >= 0.3 is 0 Å². The maximum absolute atomic E-state index is 5.21. The van der Waals surface area contributed by atoms with Gasteiger partial charge in [-0.05, 0) is 25.3 Å². The number of nitrogen functional groups attached to an aromatic ring is 1. The number of hydrazine groups is 1. The summed E-state index contributed by atoms with van der Waals surface area (Å²) in [4.78, 5) is 8.33. The van der Waals surface area contributed by atoms with Gasteiger partial charge in [-0.25, -0.2) is 15.8 Å². The Labute approximate surface area is 71.2 Å². The smallest absolute Gasteiger partial charge is 0.237 e. The van der Waals surface area contributed by atoms with E-state index in [1.165, 1.54) is 12.8 Å². The molecule has 0 amide bonds. The van der Waals surface area contributed by atoms with Crippen LogP contribution in [-0.4, -0.2) is 9.97 Å².